The van der Waals surface area contributed by atoms with Gasteiger partial charge in [0.25, 0.3) is 0 Å². The fourth-order valence-corrected chi connectivity index (χ4v) is 4.18. The summed E-state index contributed by atoms with van der Waals surface area (Å²) in [5.41, 5.74) is 0.260. The van der Waals surface area contributed by atoms with Crippen LogP contribution in [0.3, 0.4) is 0 Å². The number of amides is 2. The molecule has 3 rings (SSSR count). The smallest absolute Gasteiger partial charge is 0.319 e. The second kappa shape index (κ2) is 5.76. The fraction of sp³-hybridized carbons (Fsp3) is 0.938. The summed E-state index contributed by atoms with van der Waals surface area (Å²) >= 11 is 0. The Hall–Kier alpha value is -0.810. The SMILES string of the molecule is COC[C@@H]1CN(CC2CC2)C[C@]12CCN(C(=O)N(C)C)C2. The minimum Gasteiger partial charge on any atom is -0.384 e. The first-order valence-electron chi connectivity index (χ1n) is 8.21. The molecule has 2 aliphatic heterocycles. The number of rotatable bonds is 4. The van der Waals surface area contributed by atoms with Crippen LogP contribution < -0.4 is 0 Å². The van der Waals surface area contributed by atoms with Crippen LogP contribution in [0.25, 0.3) is 0 Å². The molecule has 0 unspecified atom stereocenters. The molecule has 120 valence electrons. The van der Waals surface area contributed by atoms with Crippen molar-refractivity contribution >= 4 is 6.03 Å². The average Bonchev–Trinajstić information content (AvgIpc) is 3.06. The molecule has 5 heteroatoms. The number of urea groups is 1. The van der Waals surface area contributed by atoms with Crippen LogP contribution in [0.5, 0.6) is 0 Å². The van der Waals surface area contributed by atoms with E-state index in [1.807, 2.05) is 19.0 Å². The number of nitrogens with zero attached hydrogens (tertiary/aromatic N) is 3. The van der Waals surface area contributed by atoms with Crippen molar-refractivity contribution in [1.82, 2.24) is 14.7 Å². The van der Waals surface area contributed by atoms with Gasteiger partial charge in [0, 0.05) is 65.3 Å². The summed E-state index contributed by atoms with van der Waals surface area (Å²) in [6.45, 7) is 6.17. The Balaban J connectivity index is 1.67. The summed E-state index contributed by atoms with van der Waals surface area (Å²) in [5, 5.41) is 0. The summed E-state index contributed by atoms with van der Waals surface area (Å²) in [7, 11) is 5.48. The number of methoxy groups -OCH3 is 1. The van der Waals surface area contributed by atoms with Crippen molar-refractivity contribution in [3.05, 3.63) is 0 Å². The highest BCUT2D eigenvalue weighted by Gasteiger charge is 2.51. The molecule has 1 aliphatic carbocycles. The predicted molar refractivity (Wildman–Crippen MR) is 82.2 cm³/mol. The van der Waals surface area contributed by atoms with E-state index in [2.05, 4.69) is 4.90 Å². The monoisotopic (exact) mass is 295 g/mol. The molecule has 1 saturated carbocycles. The second-order valence-electron chi connectivity index (χ2n) is 7.50. The van der Waals surface area contributed by atoms with Crippen LogP contribution in [-0.4, -0.2) is 81.3 Å². The Morgan fingerprint density at radius 1 is 1.33 bits per heavy atom. The van der Waals surface area contributed by atoms with E-state index in [4.69, 9.17) is 4.74 Å². The summed E-state index contributed by atoms with van der Waals surface area (Å²) < 4.78 is 5.48. The highest BCUT2D eigenvalue weighted by molar-refractivity contribution is 5.74. The number of carbonyl (C=O) groups excluding carboxylic acids is 1. The van der Waals surface area contributed by atoms with Gasteiger partial charge in [0.05, 0.1) is 6.61 Å². The maximum Gasteiger partial charge on any atom is 0.319 e. The van der Waals surface area contributed by atoms with E-state index in [0.717, 1.165) is 45.1 Å². The molecule has 3 aliphatic rings. The van der Waals surface area contributed by atoms with Crippen molar-refractivity contribution < 1.29 is 9.53 Å². The molecule has 0 N–H and O–H groups in total. The van der Waals surface area contributed by atoms with Crippen molar-refractivity contribution in [3.63, 3.8) is 0 Å². The van der Waals surface area contributed by atoms with E-state index < -0.39 is 0 Å². The third-order valence-corrected chi connectivity index (χ3v) is 5.50. The predicted octanol–water partition coefficient (Wildman–Crippen LogP) is 1.35. The normalized spacial score (nSPS) is 33.1. The lowest BCUT2D eigenvalue weighted by atomic mass is 9.78. The summed E-state index contributed by atoms with van der Waals surface area (Å²) in [4.78, 5) is 18.6. The lowest BCUT2D eigenvalue weighted by molar-refractivity contribution is 0.0966. The van der Waals surface area contributed by atoms with Gasteiger partial charge in [0.1, 0.15) is 0 Å². The lowest BCUT2D eigenvalue weighted by Crippen LogP contribution is -2.41. The Labute approximate surface area is 128 Å². The highest BCUT2D eigenvalue weighted by Crippen LogP contribution is 2.45. The zero-order chi connectivity index (χ0) is 15.0. The van der Waals surface area contributed by atoms with Crippen molar-refractivity contribution in [2.75, 3.05) is 60.5 Å². The van der Waals surface area contributed by atoms with E-state index in [1.54, 1.807) is 12.0 Å². The van der Waals surface area contributed by atoms with Crippen LogP contribution in [0.15, 0.2) is 0 Å². The number of carbonyl (C=O) groups is 1. The largest absolute Gasteiger partial charge is 0.384 e. The quantitative estimate of drug-likeness (QED) is 0.785. The van der Waals surface area contributed by atoms with Gasteiger partial charge in [0.15, 0.2) is 0 Å². The molecular formula is C16H29N3O2. The van der Waals surface area contributed by atoms with Crippen LogP contribution in [0.1, 0.15) is 19.3 Å². The van der Waals surface area contributed by atoms with Gasteiger partial charge in [-0.05, 0) is 25.2 Å². The molecule has 21 heavy (non-hydrogen) atoms. The Bertz CT molecular complexity index is 397. The van der Waals surface area contributed by atoms with Gasteiger partial charge in [-0.1, -0.05) is 0 Å². The standard InChI is InChI=1S/C16H29N3O2/c1-17(2)15(20)19-7-6-16(12-19)11-18(8-13-4-5-13)9-14(16)10-21-3/h13-14H,4-12H2,1-3H3/t14-,16-/m0/s1. The molecule has 0 radical (unpaired) electrons. The zero-order valence-electron chi connectivity index (χ0n) is 13.7. The van der Waals surface area contributed by atoms with Gasteiger partial charge in [-0.25, -0.2) is 4.79 Å². The minimum atomic E-state index is 0.156. The van der Waals surface area contributed by atoms with E-state index in [1.165, 1.54) is 19.4 Å². The zero-order valence-corrected chi connectivity index (χ0v) is 13.7. The lowest BCUT2D eigenvalue weighted by Gasteiger charge is -2.30. The van der Waals surface area contributed by atoms with Crippen LogP contribution in [0.4, 0.5) is 4.79 Å². The van der Waals surface area contributed by atoms with Gasteiger partial charge in [-0.2, -0.15) is 0 Å². The van der Waals surface area contributed by atoms with Crippen molar-refractivity contribution in [1.29, 1.82) is 0 Å². The average molecular weight is 295 g/mol. The van der Waals surface area contributed by atoms with Crippen molar-refractivity contribution in [2.45, 2.75) is 19.3 Å². The number of ether oxygens (including phenoxy) is 1. The van der Waals surface area contributed by atoms with E-state index in [0.29, 0.717) is 5.92 Å². The molecule has 2 saturated heterocycles. The molecule has 1 spiro atoms. The molecule has 2 amide bonds. The molecule has 2 atom stereocenters. The van der Waals surface area contributed by atoms with Crippen LogP contribution in [0, 0.1) is 17.3 Å². The number of likely N-dealkylation sites (tertiary alicyclic amines) is 2. The first-order chi connectivity index (χ1) is 10.0. The van der Waals surface area contributed by atoms with Gasteiger partial charge < -0.3 is 19.4 Å². The van der Waals surface area contributed by atoms with E-state index in [9.17, 15) is 4.79 Å². The van der Waals surface area contributed by atoms with Crippen molar-refractivity contribution in [3.8, 4) is 0 Å². The topological polar surface area (TPSA) is 36.0 Å². The first-order valence-corrected chi connectivity index (χ1v) is 8.21. The Morgan fingerprint density at radius 3 is 2.71 bits per heavy atom. The molecule has 2 heterocycles. The van der Waals surface area contributed by atoms with Crippen molar-refractivity contribution in [2.24, 2.45) is 17.3 Å². The van der Waals surface area contributed by atoms with Gasteiger partial charge >= 0.3 is 6.03 Å². The van der Waals surface area contributed by atoms with Gasteiger partial charge in [0.2, 0.25) is 0 Å². The molecule has 5 nitrogen and oxygen atoms in total. The molecule has 3 fully saturated rings. The highest BCUT2D eigenvalue weighted by atomic mass is 16.5. The number of hydrogen-bond acceptors (Lipinski definition) is 3. The molecule has 0 aromatic carbocycles. The summed E-state index contributed by atoms with van der Waals surface area (Å²) in [5.74, 6) is 1.51. The second-order valence-corrected chi connectivity index (χ2v) is 7.50. The molecular weight excluding hydrogens is 266 g/mol. The first kappa shape index (κ1) is 15.1. The number of hydrogen-bond donors (Lipinski definition) is 0. The van der Waals surface area contributed by atoms with Crippen LogP contribution in [-0.2, 0) is 4.74 Å². The van der Waals surface area contributed by atoms with Crippen LogP contribution in [0.2, 0.25) is 0 Å². The maximum absolute atomic E-state index is 12.2. The molecule has 0 aromatic rings. The molecule has 0 bridgehead atoms. The summed E-state index contributed by atoms with van der Waals surface area (Å²) in [6.07, 6.45) is 3.94. The van der Waals surface area contributed by atoms with E-state index >= 15 is 0 Å². The Morgan fingerprint density at radius 2 is 2.10 bits per heavy atom. The van der Waals surface area contributed by atoms with Crippen LogP contribution >= 0.6 is 0 Å². The molecule has 0 aromatic heterocycles. The third-order valence-electron chi connectivity index (χ3n) is 5.50. The Kier molecular flexibility index (Phi) is 4.14. The maximum atomic E-state index is 12.2. The summed E-state index contributed by atoms with van der Waals surface area (Å²) in [6, 6.07) is 0.156. The van der Waals surface area contributed by atoms with Gasteiger partial charge in [-0.3, -0.25) is 0 Å². The minimum absolute atomic E-state index is 0.156. The van der Waals surface area contributed by atoms with E-state index in [-0.39, 0.29) is 11.4 Å². The third kappa shape index (κ3) is 3.04. The fourth-order valence-electron chi connectivity index (χ4n) is 4.18. The van der Waals surface area contributed by atoms with Gasteiger partial charge in [-0.15, -0.1) is 0 Å².